The van der Waals surface area contributed by atoms with Crippen LogP contribution in [0.25, 0.3) is 10.4 Å². The van der Waals surface area contributed by atoms with Crippen LogP contribution in [0, 0.1) is 0 Å². The highest BCUT2D eigenvalue weighted by Gasteiger charge is 2.58. The molecule has 0 aliphatic carbocycles. The topological polar surface area (TPSA) is 219 Å². The maximum Gasteiger partial charge on any atom is 0.344 e. The number of methoxy groups -OCH3 is 1. The monoisotopic (exact) mass is 516 g/mol. The van der Waals surface area contributed by atoms with Crippen LogP contribution in [0.5, 0.6) is 0 Å². The summed E-state index contributed by atoms with van der Waals surface area (Å²) in [6.45, 7) is 4.65. The summed E-state index contributed by atoms with van der Waals surface area (Å²) >= 11 is 0. The van der Waals surface area contributed by atoms with Crippen LogP contribution in [0.3, 0.4) is 0 Å². The molecule has 1 N–H and O–H groups in total. The van der Waals surface area contributed by atoms with Gasteiger partial charge in [-0.1, -0.05) is 0 Å². The molecule has 1 rings (SSSR count). The molecule has 0 aromatic carbocycles. The van der Waals surface area contributed by atoms with Crippen molar-refractivity contribution >= 4 is 35.8 Å². The SMILES string of the molecule is COC(=O)[C@@]1(N=[N+]=[N-])C[C@H](OC(C)=O)[C@@H](NC(C)=O)[C@H]([C@@H](OC(C)=O)[C@@H](COC(C)=O)OC(C)=O)O1. The fraction of sp³-hybridized carbons (Fsp3) is 0.700. The molecule has 1 heterocycles. The number of nitrogens with one attached hydrogen (secondary N) is 1. The van der Waals surface area contributed by atoms with Crippen LogP contribution in [0.4, 0.5) is 0 Å². The average Bonchev–Trinajstić information content (AvgIpc) is 2.75. The van der Waals surface area contributed by atoms with Gasteiger partial charge in [0.1, 0.15) is 18.8 Å². The number of hydrogen-bond donors (Lipinski definition) is 1. The first kappa shape index (κ1) is 30.1. The number of nitrogens with zero attached hydrogens (tertiary/aromatic N) is 3. The molecule has 0 aromatic rings. The molecule has 1 aliphatic rings. The van der Waals surface area contributed by atoms with E-state index in [0.29, 0.717) is 0 Å². The average molecular weight is 516 g/mol. The molecule has 0 aromatic heterocycles. The third-order valence-electron chi connectivity index (χ3n) is 4.72. The second-order valence-corrected chi connectivity index (χ2v) is 7.65. The lowest BCUT2D eigenvalue weighted by Gasteiger charge is -2.47. The normalized spacial score (nSPS) is 24.6. The van der Waals surface area contributed by atoms with E-state index in [0.717, 1.165) is 41.7 Å². The van der Waals surface area contributed by atoms with Crippen molar-refractivity contribution in [1.82, 2.24) is 5.32 Å². The van der Waals surface area contributed by atoms with E-state index in [2.05, 4.69) is 15.3 Å². The number of esters is 5. The minimum Gasteiger partial charge on any atom is -0.467 e. The van der Waals surface area contributed by atoms with Crippen LogP contribution in [0.2, 0.25) is 0 Å². The number of carbonyl (C=O) groups excluding carboxylic acids is 6. The van der Waals surface area contributed by atoms with E-state index in [9.17, 15) is 28.8 Å². The fourth-order valence-electron chi connectivity index (χ4n) is 3.59. The molecule has 16 heteroatoms. The lowest BCUT2D eigenvalue weighted by atomic mass is 9.87. The highest BCUT2D eigenvalue weighted by molar-refractivity contribution is 5.80. The quantitative estimate of drug-likeness (QED) is 0.131. The molecule has 16 nitrogen and oxygen atoms in total. The second kappa shape index (κ2) is 13.3. The Hall–Kier alpha value is -3.91. The predicted octanol–water partition coefficient (Wildman–Crippen LogP) is -0.182. The zero-order chi connectivity index (χ0) is 27.6. The Kier molecular flexibility index (Phi) is 11.1. The highest BCUT2D eigenvalue weighted by atomic mass is 16.6. The van der Waals surface area contributed by atoms with Gasteiger partial charge in [0.25, 0.3) is 0 Å². The summed E-state index contributed by atoms with van der Waals surface area (Å²) in [6.07, 6.45) is -6.87. The minimum absolute atomic E-state index is 0.597. The molecule has 0 spiro atoms. The van der Waals surface area contributed by atoms with Gasteiger partial charge in [0, 0.05) is 46.0 Å². The Bertz CT molecular complexity index is 934. The highest BCUT2D eigenvalue weighted by Crippen LogP contribution is 2.37. The Balaban J connectivity index is 3.81. The lowest BCUT2D eigenvalue weighted by Crippen LogP contribution is -2.68. The summed E-state index contributed by atoms with van der Waals surface area (Å²) in [4.78, 5) is 74.4. The molecule has 0 saturated carbocycles. The first-order valence-electron chi connectivity index (χ1n) is 10.5. The molecule has 1 saturated heterocycles. The van der Waals surface area contributed by atoms with Crippen molar-refractivity contribution in [1.29, 1.82) is 0 Å². The summed E-state index contributed by atoms with van der Waals surface area (Å²) in [5, 5.41) is 5.89. The molecule has 6 atom stereocenters. The third-order valence-corrected chi connectivity index (χ3v) is 4.72. The predicted molar refractivity (Wildman–Crippen MR) is 114 cm³/mol. The van der Waals surface area contributed by atoms with Crippen molar-refractivity contribution < 1.29 is 57.2 Å². The van der Waals surface area contributed by atoms with E-state index in [1.807, 2.05) is 0 Å². The van der Waals surface area contributed by atoms with Gasteiger partial charge in [-0.05, 0) is 10.6 Å². The molecule has 1 fully saturated rings. The summed E-state index contributed by atoms with van der Waals surface area (Å²) in [7, 11) is 0.974. The maximum absolute atomic E-state index is 12.7. The van der Waals surface area contributed by atoms with Crippen LogP contribution in [0.1, 0.15) is 41.0 Å². The number of carbonyl (C=O) groups is 6. The summed E-state index contributed by atoms with van der Waals surface area (Å²) in [5.41, 5.74) is 6.68. The lowest BCUT2D eigenvalue weighted by molar-refractivity contribution is -0.240. The molecule has 1 aliphatic heterocycles. The smallest absolute Gasteiger partial charge is 0.344 e. The van der Waals surface area contributed by atoms with Crippen molar-refractivity contribution in [3.05, 3.63) is 10.4 Å². The standard InChI is InChI=1S/C20H28N4O12/c1-9(25)22-16-14(33-11(3)27)7-20(23-24-21,19(30)31-6)36-18(16)17(35-13(5)29)15(34-12(4)28)8-32-10(2)26/h14-18H,7-8H2,1-6H3,(H,22,25)/t14-,15+,16+,17-,18+,20+/m0/s1. The summed E-state index contributed by atoms with van der Waals surface area (Å²) < 4.78 is 31.2. The van der Waals surface area contributed by atoms with E-state index in [4.69, 9.17) is 34.0 Å². The van der Waals surface area contributed by atoms with E-state index < -0.39 is 85.0 Å². The van der Waals surface area contributed by atoms with Crippen LogP contribution in [0.15, 0.2) is 5.11 Å². The molecule has 36 heavy (non-hydrogen) atoms. The fourth-order valence-corrected chi connectivity index (χ4v) is 3.59. The van der Waals surface area contributed by atoms with Crippen molar-refractivity contribution in [2.24, 2.45) is 5.11 Å². The number of rotatable bonds is 10. The summed E-state index contributed by atoms with van der Waals surface area (Å²) in [6, 6.07) is -1.34. The van der Waals surface area contributed by atoms with Crippen molar-refractivity contribution in [3.8, 4) is 0 Å². The number of azide groups is 1. The van der Waals surface area contributed by atoms with E-state index in [-0.39, 0.29) is 0 Å². The van der Waals surface area contributed by atoms with E-state index in [1.165, 1.54) is 0 Å². The first-order valence-corrected chi connectivity index (χ1v) is 10.5. The summed E-state index contributed by atoms with van der Waals surface area (Å²) in [5.74, 6) is -5.25. The number of amides is 1. The van der Waals surface area contributed by atoms with Gasteiger partial charge >= 0.3 is 29.8 Å². The molecule has 0 unspecified atom stereocenters. The third kappa shape index (κ3) is 8.39. The Morgan fingerprint density at radius 2 is 1.64 bits per heavy atom. The zero-order valence-corrected chi connectivity index (χ0v) is 20.5. The van der Waals surface area contributed by atoms with E-state index in [1.54, 1.807) is 0 Å². The minimum atomic E-state index is -2.45. The number of ether oxygens (including phenoxy) is 6. The van der Waals surface area contributed by atoms with Gasteiger partial charge in [-0.3, -0.25) is 24.0 Å². The Labute approximate surface area is 205 Å². The zero-order valence-electron chi connectivity index (χ0n) is 20.5. The molecule has 0 bridgehead atoms. The second-order valence-electron chi connectivity index (χ2n) is 7.65. The van der Waals surface area contributed by atoms with Gasteiger partial charge in [0.05, 0.1) is 13.2 Å². The van der Waals surface area contributed by atoms with Gasteiger partial charge in [-0.15, -0.1) is 0 Å². The van der Waals surface area contributed by atoms with Crippen LogP contribution < -0.4 is 5.32 Å². The molecular weight excluding hydrogens is 488 g/mol. The van der Waals surface area contributed by atoms with Gasteiger partial charge in [0.15, 0.2) is 12.2 Å². The van der Waals surface area contributed by atoms with Crippen LogP contribution in [-0.2, 0) is 57.2 Å². The van der Waals surface area contributed by atoms with Crippen molar-refractivity contribution in [2.45, 2.75) is 77.2 Å². The molecule has 1 amide bonds. The molecule has 200 valence electrons. The largest absolute Gasteiger partial charge is 0.467 e. The molecule has 0 radical (unpaired) electrons. The number of hydrogen-bond acceptors (Lipinski definition) is 13. The Morgan fingerprint density at radius 1 is 1.03 bits per heavy atom. The van der Waals surface area contributed by atoms with Crippen molar-refractivity contribution in [3.63, 3.8) is 0 Å². The van der Waals surface area contributed by atoms with Gasteiger partial charge in [-0.2, -0.15) is 0 Å². The molecular formula is C20H28N4O12. The van der Waals surface area contributed by atoms with Gasteiger partial charge in [-0.25, -0.2) is 4.79 Å². The maximum atomic E-state index is 12.7. The van der Waals surface area contributed by atoms with E-state index >= 15 is 0 Å². The Morgan fingerprint density at radius 3 is 2.08 bits per heavy atom. The first-order chi connectivity index (χ1) is 16.8. The van der Waals surface area contributed by atoms with Crippen LogP contribution in [-0.4, -0.2) is 85.7 Å². The van der Waals surface area contributed by atoms with Gasteiger partial charge in [0.2, 0.25) is 11.6 Å². The van der Waals surface area contributed by atoms with Gasteiger partial charge < -0.3 is 33.7 Å². The van der Waals surface area contributed by atoms with Crippen molar-refractivity contribution in [2.75, 3.05) is 13.7 Å². The van der Waals surface area contributed by atoms with Crippen LogP contribution >= 0.6 is 0 Å².